The topological polar surface area (TPSA) is 33.1 Å². The third-order valence-corrected chi connectivity index (χ3v) is 7.76. The van der Waals surface area contributed by atoms with Gasteiger partial charge in [-0.2, -0.15) is 0 Å². The summed E-state index contributed by atoms with van der Waals surface area (Å²) in [6, 6.07) is 23.2. The summed E-state index contributed by atoms with van der Waals surface area (Å²) in [5, 5.41) is 4.30. The first-order valence-electron chi connectivity index (χ1n) is 11.9. The number of benzene rings is 2. The van der Waals surface area contributed by atoms with Gasteiger partial charge in [-0.25, -0.2) is 0 Å². The Morgan fingerprint density at radius 2 is 1.77 bits per heavy atom. The number of thiocarbonyl (C=S) groups is 1. The first-order valence-corrected chi connectivity index (χ1v) is 13.1. The standard InChI is InChI=1S/C29H29BrN4S/c1-5-21-10-8-9-18(2)27(21)33-19(3)17-24(20(33)4)28-26(25-11-6-7-16-31-25)32-29(35)34(28)23-14-12-22(30)13-15-23/h6-17,26,28H,5H2,1-4H3,(H,32,35)/t26-,28+/m1/s1. The minimum Gasteiger partial charge on any atom is -0.351 e. The number of nitrogens with one attached hydrogen (secondary N) is 1. The summed E-state index contributed by atoms with van der Waals surface area (Å²) in [5.41, 5.74) is 9.65. The highest BCUT2D eigenvalue weighted by atomic mass is 79.9. The zero-order valence-electron chi connectivity index (χ0n) is 20.4. The predicted molar refractivity (Wildman–Crippen MR) is 151 cm³/mol. The van der Waals surface area contributed by atoms with Crippen molar-refractivity contribution in [1.29, 1.82) is 0 Å². The van der Waals surface area contributed by atoms with Crippen LogP contribution in [-0.4, -0.2) is 14.7 Å². The minimum absolute atomic E-state index is 0.0346. The minimum atomic E-state index is -0.0659. The molecular weight excluding hydrogens is 516 g/mol. The molecule has 1 N–H and O–H groups in total. The Bertz CT molecular complexity index is 1380. The Hall–Kier alpha value is -2.96. The van der Waals surface area contributed by atoms with E-state index in [1.54, 1.807) is 0 Å². The van der Waals surface area contributed by atoms with Crippen LogP contribution in [0.3, 0.4) is 0 Å². The van der Waals surface area contributed by atoms with Crippen LogP contribution in [0.4, 0.5) is 5.69 Å². The highest BCUT2D eigenvalue weighted by molar-refractivity contribution is 9.10. The average molecular weight is 546 g/mol. The Balaban J connectivity index is 1.71. The summed E-state index contributed by atoms with van der Waals surface area (Å²) in [6.07, 6.45) is 2.84. The summed E-state index contributed by atoms with van der Waals surface area (Å²) in [6.45, 7) is 8.84. The number of hydrogen-bond donors (Lipinski definition) is 1. The van der Waals surface area contributed by atoms with E-state index in [9.17, 15) is 0 Å². The maximum atomic E-state index is 5.91. The molecular formula is C29H29BrN4S. The van der Waals surface area contributed by atoms with Gasteiger partial charge in [-0.1, -0.05) is 47.1 Å². The maximum Gasteiger partial charge on any atom is 0.174 e. The SMILES string of the molecule is CCc1cccc(C)c1-n1c(C)cc([C@H]2[C@@H](c3ccccn3)NC(=S)N2c2ccc(Br)cc2)c1C. The Labute approximate surface area is 221 Å². The zero-order valence-corrected chi connectivity index (χ0v) is 22.8. The lowest BCUT2D eigenvalue weighted by molar-refractivity contribution is 0.565. The summed E-state index contributed by atoms with van der Waals surface area (Å²) in [7, 11) is 0. The number of anilines is 1. The van der Waals surface area contributed by atoms with E-state index in [1.807, 2.05) is 18.3 Å². The Kier molecular flexibility index (Phi) is 6.51. The second-order valence-corrected chi connectivity index (χ2v) is 10.4. The highest BCUT2D eigenvalue weighted by Gasteiger charge is 2.42. The van der Waals surface area contributed by atoms with Crippen molar-refractivity contribution in [2.75, 3.05) is 4.90 Å². The molecule has 4 aromatic rings. The van der Waals surface area contributed by atoms with E-state index in [2.05, 4.69) is 113 Å². The van der Waals surface area contributed by atoms with Crippen LogP contribution in [0.15, 0.2) is 77.4 Å². The molecule has 2 aromatic carbocycles. The zero-order chi connectivity index (χ0) is 24.7. The fourth-order valence-electron chi connectivity index (χ4n) is 5.31. The van der Waals surface area contributed by atoms with E-state index in [0.29, 0.717) is 5.11 Å². The number of aromatic nitrogens is 2. The molecule has 0 spiro atoms. The van der Waals surface area contributed by atoms with Crippen LogP contribution in [-0.2, 0) is 6.42 Å². The van der Waals surface area contributed by atoms with Gasteiger partial charge in [-0.15, -0.1) is 0 Å². The van der Waals surface area contributed by atoms with E-state index >= 15 is 0 Å². The van der Waals surface area contributed by atoms with Gasteiger partial charge in [0.25, 0.3) is 0 Å². The monoisotopic (exact) mass is 544 g/mol. The quantitative estimate of drug-likeness (QED) is 0.267. The smallest absolute Gasteiger partial charge is 0.174 e. The van der Waals surface area contributed by atoms with Gasteiger partial charge in [-0.3, -0.25) is 4.98 Å². The molecule has 4 nitrogen and oxygen atoms in total. The van der Waals surface area contributed by atoms with Gasteiger partial charge in [0.2, 0.25) is 0 Å². The fourth-order valence-corrected chi connectivity index (χ4v) is 5.92. The molecule has 35 heavy (non-hydrogen) atoms. The second kappa shape index (κ2) is 9.59. The molecule has 0 aliphatic carbocycles. The fraction of sp³-hybridized carbons (Fsp3) is 0.241. The van der Waals surface area contributed by atoms with Crippen molar-refractivity contribution >= 4 is 38.9 Å². The van der Waals surface area contributed by atoms with Gasteiger partial charge < -0.3 is 14.8 Å². The van der Waals surface area contributed by atoms with Gasteiger partial charge in [0.1, 0.15) is 0 Å². The number of rotatable bonds is 5. The molecule has 0 amide bonds. The predicted octanol–water partition coefficient (Wildman–Crippen LogP) is 7.30. The van der Waals surface area contributed by atoms with Crippen LogP contribution in [0.25, 0.3) is 5.69 Å². The van der Waals surface area contributed by atoms with E-state index in [4.69, 9.17) is 17.2 Å². The average Bonchev–Trinajstić information content (AvgIpc) is 3.35. The van der Waals surface area contributed by atoms with E-state index in [-0.39, 0.29) is 12.1 Å². The summed E-state index contributed by atoms with van der Waals surface area (Å²) in [5.74, 6) is 0. The first kappa shape index (κ1) is 23.8. The molecule has 0 unspecified atom stereocenters. The molecule has 2 atom stereocenters. The largest absolute Gasteiger partial charge is 0.351 e. The second-order valence-electron chi connectivity index (χ2n) is 9.07. The van der Waals surface area contributed by atoms with Crippen molar-refractivity contribution in [3.63, 3.8) is 0 Å². The lowest BCUT2D eigenvalue weighted by Gasteiger charge is -2.28. The lowest BCUT2D eigenvalue weighted by atomic mass is 9.96. The molecule has 3 heterocycles. The molecule has 1 saturated heterocycles. The van der Waals surface area contributed by atoms with E-state index in [0.717, 1.165) is 22.3 Å². The normalized spacial score (nSPS) is 17.6. The van der Waals surface area contributed by atoms with Crippen molar-refractivity contribution in [3.8, 4) is 5.69 Å². The van der Waals surface area contributed by atoms with Crippen molar-refractivity contribution in [2.45, 2.75) is 46.2 Å². The Morgan fingerprint density at radius 1 is 1.00 bits per heavy atom. The molecule has 0 radical (unpaired) electrons. The molecule has 0 bridgehead atoms. The summed E-state index contributed by atoms with van der Waals surface area (Å²) in [4.78, 5) is 6.95. The van der Waals surface area contributed by atoms with Gasteiger partial charge in [-0.05, 0) is 98.6 Å². The van der Waals surface area contributed by atoms with Crippen LogP contribution >= 0.6 is 28.1 Å². The van der Waals surface area contributed by atoms with Gasteiger partial charge >= 0.3 is 0 Å². The number of pyridine rings is 1. The van der Waals surface area contributed by atoms with Crippen LogP contribution in [0.5, 0.6) is 0 Å². The molecule has 6 heteroatoms. The van der Waals surface area contributed by atoms with E-state index in [1.165, 1.54) is 33.8 Å². The molecule has 1 aliphatic rings. The van der Waals surface area contributed by atoms with Crippen molar-refractivity contribution in [3.05, 3.63) is 111 Å². The lowest BCUT2D eigenvalue weighted by Crippen LogP contribution is -2.29. The van der Waals surface area contributed by atoms with Crippen LogP contribution < -0.4 is 10.2 Å². The molecule has 1 fully saturated rings. The first-order chi connectivity index (χ1) is 16.9. The van der Waals surface area contributed by atoms with E-state index < -0.39 is 0 Å². The van der Waals surface area contributed by atoms with Crippen LogP contribution in [0, 0.1) is 20.8 Å². The van der Waals surface area contributed by atoms with Gasteiger partial charge in [0, 0.05) is 27.7 Å². The summed E-state index contributed by atoms with van der Waals surface area (Å²) < 4.78 is 3.46. The van der Waals surface area contributed by atoms with Gasteiger partial charge in [0.15, 0.2) is 5.11 Å². The highest BCUT2D eigenvalue weighted by Crippen LogP contribution is 2.44. The molecule has 2 aromatic heterocycles. The number of halogens is 1. The number of aryl methyl sites for hydroxylation is 3. The van der Waals surface area contributed by atoms with Crippen LogP contribution in [0.1, 0.15) is 52.8 Å². The number of nitrogens with zero attached hydrogens (tertiary/aromatic N) is 3. The summed E-state index contributed by atoms with van der Waals surface area (Å²) >= 11 is 9.48. The molecule has 0 saturated carbocycles. The molecule has 5 rings (SSSR count). The number of hydrogen-bond acceptors (Lipinski definition) is 2. The van der Waals surface area contributed by atoms with Crippen molar-refractivity contribution in [2.24, 2.45) is 0 Å². The maximum absolute atomic E-state index is 5.91. The van der Waals surface area contributed by atoms with Crippen molar-refractivity contribution < 1.29 is 0 Å². The number of para-hydroxylation sites is 1. The molecule has 178 valence electrons. The molecule has 1 aliphatic heterocycles. The third-order valence-electron chi connectivity index (χ3n) is 6.92. The van der Waals surface area contributed by atoms with Crippen LogP contribution in [0.2, 0.25) is 0 Å². The third kappa shape index (κ3) is 4.19. The van der Waals surface area contributed by atoms with Gasteiger partial charge in [0.05, 0.1) is 23.5 Å². The Morgan fingerprint density at radius 3 is 2.46 bits per heavy atom. The van der Waals surface area contributed by atoms with Crippen molar-refractivity contribution in [1.82, 2.24) is 14.9 Å².